The number of aromatic nitrogens is 1. The number of sulfonamides is 1. The van der Waals surface area contributed by atoms with E-state index in [2.05, 4.69) is 4.98 Å². The Kier molecular flexibility index (Phi) is 5.90. The summed E-state index contributed by atoms with van der Waals surface area (Å²) in [7, 11) is -3.95. The van der Waals surface area contributed by atoms with Crippen molar-refractivity contribution >= 4 is 33.3 Å². The van der Waals surface area contributed by atoms with Gasteiger partial charge in [0.05, 0.1) is 29.6 Å². The van der Waals surface area contributed by atoms with Crippen LogP contribution in [0.2, 0.25) is 5.02 Å². The van der Waals surface area contributed by atoms with Crippen LogP contribution < -0.4 is 14.4 Å². The molecule has 1 N–H and O–H groups in total. The summed E-state index contributed by atoms with van der Waals surface area (Å²) in [6, 6.07) is 2.43. The molecule has 2 heterocycles. The van der Waals surface area contributed by atoms with Gasteiger partial charge in [0.25, 0.3) is 5.91 Å². The highest BCUT2D eigenvalue weighted by atomic mass is 35.5. The molecule has 1 saturated heterocycles. The van der Waals surface area contributed by atoms with E-state index >= 15 is 0 Å². The lowest BCUT2D eigenvalue weighted by molar-refractivity contribution is 0.0977. The van der Waals surface area contributed by atoms with E-state index in [4.69, 9.17) is 16.3 Å². The van der Waals surface area contributed by atoms with Crippen LogP contribution in [0, 0.1) is 11.6 Å². The Morgan fingerprint density at radius 2 is 2.03 bits per heavy atom. The molecule has 0 bridgehead atoms. The van der Waals surface area contributed by atoms with Gasteiger partial charge in [-0.05, 0) is 12.5 Å². The van der Waals surface area contributed by atoms with Gasteiger partial charge in [-0.2, -0.15) is 0 Å². The fraction of sp³-hybridized carbons (Fsp3) is 0.294. The molecule has 156 valence electrons. The molecule has 1 unspecified atom stereocenters. The van der Waals surface area contributed by atoms with Crippen molar-refractivity contribution < 1.29 is 31.1 Å². The quantitative estimate of drug-likeness (QED) is 0.754. The second-order valence-corrected chi connectivity index (χ2v) is 8.53. The first-order chi connectivity index (χ1) is 13.5. The third-order valence-electron chi connectivity index (χ3n) is 4.00. The fourth-order valence-electron chi connectivity index (χ4n) is 2.74. The van der Waals surface area contributed by atoms with Crippen LogP contribution in [0.25, 0.3) is 0 Å². The topological polar surface area (TPSA) is 88.6 Å². The number of anilines is 1. The van der Waals surface area contributed by atoms with Gasteiger partial charge in [0.1, 0.15) is 23.6 Å². The van der Waals surface area contributed by atoms with Gasteiger partial charge in [0.2, 0.25) is 10.0 Å². The van der Waals surface area contributed by atoms with Crippen molar-refractivity contribution in [3.8, 4) is 11.5 Å². The highest BCUT2D eigenvalue weighted by Gasteiger charge is 2.25. The minimum atomic E-state index is -3.95. The number of carbonyl (C=O) groups excluding carboxylic acids is 1. The third-order valence-corrected chi connectivity index (χ3v) is 4.83. The van der Waals surface area contributed by atoms with Crippen LogP contribution in [0.5, 0.6) is 11.5 Å². The Morgan fingerprint density at radius 3 is 2.62 bits per heavy atom. The van der Waals surface area contributed by atoms with Crippen LogP contribution in [0.15, 0.2) is 24.4 Å². The minimum Gasteiger partial charge on any atom is -0.452 e. The Morgan fingerprint density at radius 1 is 1.31 bits per heavy atom. The van der Waals surface area contributed by atoms with Crippen molar-refractivity contribution in [3.05, 3.63) is 46.6 Å². The summed E-state index contributed by atoms with van der Waals surface area (Å²) in [5, 5.41) is 0.140. The van der Waals surface area contributed by atoms with Gasteiger partial charge < -0.3 is 9.64 Å². The van der Waals surface area contributed by atoms with E-state index in [0.29, 0.717) is 37.2 Å². The lowest BCUT2D eigenvalue weighted by Gasteiger charge is -2.18. The predicted octanol–water partition coefficient (Wildman–Crippen LogP) is 3.04. The van der Waals surface area contributed by atoms with Gasteiger partial charge in [-0.15, -0.1) is 0 Å². The number of nitrogens with one attached hydrogen (secondary N) is 1. The number of hydrogen-bond acceptors (Lipinski definition) is 6. The molecule has 0 spiro atoms. The molecule has 1 atom stereocenters. The largest absolute Gasteiger partial charge is 0.452 e. The zero-order valence-corrected chi connectivity index (χ0v) is 16.5. The average Bonchev–Trinajstić information content (AvgIpc) is 3.02. The van der Waals surface area contributed by atoms with Crippen molar-refractivity contribution in [2.45, 2.75) is 12.6 Å². The molecule has 1 aliphatic heterocycles. The Labute approximate surface area is 169 Å². The average molecular weight is 450 g/mol. The van der Waals surface area contributed by atoms with Crippen LogP contribution in [0.1, 0.15) is 16.8 Å². The molecule has 1 aromatic carbocycles. The first kappa shape index (κ1) is 21.2. The van der Waals surface area contributed by atoms with E-state index in [1.54, 1.807) is 9.62 Å². The summed E-state index contributed by atoms with van der Waals surface area (Å²) in [5.41, 5.74) is -0.804. The number of halogens is 4. The van der Waals surface area contributed by atoms with E-state index in [1.165, 1.54) is 12.3 Å². The first-order valence-corrected chi connectivity index (χ1v) is 10.5. The lowest BCUT2D eigenvalue weighted by Crippen LogP contribution is -2.30. The Bertz CT molecular complexity index is 1070. The van der Waals surface area contributed by atoms with Gasteiger partial charge in [0, 0.05) is 18.7 Å². The number of hydrogen-bond donors (Lipinski definition) is 1. The molecule has 2 aromatic rings. The van der Waals surface area contributed by atoms with Crippen LogP contribution in [0.4, 0.5) is 19.0 Å². The summed E-state index contributed by atoms with van der Waals surface area (Å²) in [6.07, 6.45) is 1.31. The van der Waals surface area contributed by atoms with Crippen molar-refractivity contribution in [2.75, 3.05) is 24.2 Å². The number of rotatable bonds is 5. The number of ether oxygens (including phenoxy) is 1. The normalized spacial score (nSPS) is 16.7. The van der Waals surface area contributed by atoms with E-state index in [0.717, 1.165) is 0 Å². The van der Waals surface area contributed by atoms with Gasteiger partial charge in [-0.25, -0.2) is 31.3 Å². The number of alkyl halides is 1. The highest BCUT2D eigenvalue weighted by molar-refractivity contribution is 7.89. The molecular formula is C17H15ClF3N3O4S. The maximum Gasteiger partial charge on any atom is 0.267 e. The smallest absolute Gasteiger partial charge is 0.267 e. The summed E-state index contributed by atoms with van der Waals surface area (Å²) >= 11 is 6.14. The lowest BCUT2D eigenvalue weighted by atomic mass is 10.2. The molecule has 1 amide bonds. The van der Waals surface area contributed by atoms with E-state index < -0.39 is 45.0 Å². The second kappa shape index (κ2) is 8.07. The maximum absolute atomic E-state index is 14.3. The molecule has 12 heteroatoms. The number of pyridine rings is 1. The number of nitrogens with zero attached hydrogens (tertiary/aromatic N) is 2. The second-order valence-electron chi connectivity index (χ2n) is 6.38. The molecule has 0 aliphatic carbocycles. The zero-order valence-electron chi connectivity index (χ0n) is 15.0. The summed E-state index contributed by atoms with van der Waals surface area (Å²) < 4.78 is 70.7. The van der Waals surface area contributed by atoms with Crippen LogP contribution in [0.3, 0.4) is 0 Å². The molecule has 1 aromatic heterocycles. The number of amides is 1. The van der Waals surface area contributed by atoms with E-state index in [9.17, 15) is 26.4 Å². The molecule has 1 aliphatic rings. The highest BCUT2D eigenvalue weighted by Crippen LogP contribution is 2.33. The molecule has 0 radical (unpaired) electrons. The predicted molar refractivity (Wildman–Crippen MR) is 99.7 cm³/mol. The van der Waals surface area contributed by atoms with Gasteiger partial charge in [-0.3, -0.25) is 4.79 Å². The Hall–Kier alpha value is -2.53. The molecule has 29 heavy (non-hydrogen) atoms. The fourth-order valence-corrected chi connectivity index (χ4v) is 3.47. The van der Waals surface area contributed by atoms with E-state index in [-0.39, 0.29) is 17.3 Å². The van der Waals surface area contributed by atoms with Crippen LogP contribution in [-0.4, -0.2) is 44.8 Å². The SMILES string of the molecule is CS(=O)(=O)NC(=O)c1cc(F)c(Oc2cnc(N3CCC(F)C3)c(Cl)c2)cc1F. The van der Waals surface area contributed by atoms with Gasteiger partial charge in [-0.1, -0.05) is 11.6 Å². The monoisotopic (exact) mass is 449 g/mol. The van der Waals surface area contributed by atoms with Crippen molar-refractivity contribution in [3.63, 3.8) is 0 Å². The summed E-state index contributed by atoms with van der Waals surface area (Å²) in [4.78, 5) is 17.5. The molecule has 7 nitrogen and oxygen atoms in total. The minimum absolute atomic E-state index is 0.0126. The molecule has 3 rings (SSSR count). The van der Waals surface area contributed by atoms with Gasteiger partial charge in [0.15, 0.2) is 11.6 Å². The maximum atomic E-state index is 14.3. The number of benzene rings is 1. The van der Waals surface area contributed by atoms with Crippen molar-refractivity contribution in [1.29, 1.82) is 0 Å². The first-order valence-electron chi connectivity index (χ1n) is 8.27. The zero-order chi connectivity index (χ0) is 21.3. The molecule has 0 saturated carbocycles. The van der Waals surface area contributed by atoms with Crippen LogP contribution in [-0.2, 0) is 10.0 Å². The third kappa shape index (κ3) is 5.10. The molecular weight excluding hydrogens is 435 g/mol. The standard InChI is InChI=1S/C17H15ClF3N3O4S/c1-29(26,27)23-17(25)11-5-14(21)15(6-13(11)20)28-10-4-12(18)16(22-7-10)24-3-2-9(19)8-24/h4-7,9H,2-3,8H2,1H3,(H,23,25). The van der Waals surface area contributed by atoms with Crippen molar-refractivity contribution in [1.82, 2.24) is 9.71 Å². The van der Waals surface area contributed by atoms with Gasteiger partial charge >= 0.3 is 0 Å². The van der Waals surface area contributed by atoms with Crippen molar-refractivity contribution in [2.24, 2.45) is 0 Å². The summed E-state index contributed by atoms with van der Waals surface area (Å²) in [6.45, 7) is 0.606. The van der Waals surface area contributed by atoms with E-state index in [1.807, 2.05) is 0 Å². The van der Waals surface area contributed by atoms with Crippen LogP contribution >= 0.6 is 11.6 Å². The molecule has 1 fully saturated rings. The summed E-state index contributed by atoms with van der Waals surface area (Å²) in [5.74, 6) is -3.84. The number of carbonyl (C=O) groups is 1. The Balaban J connectivity index is 1.81.